The van der Waals surface area contributed by atoms with Gasteiger partial charge in [-0.05, 0) is 99.9 Å². The largest absolute Gasteiger partial charge is 0.493 e. The van der Waals surface area contributed by atoms with Crippen LogP contribution in [0.5, 0.6) is 46.5 Å². The maximum Gasteiger partial charge on any atom is 0.417 e. The average molecular weight is 879 g/mol. The molecule has 2 aliphatic carbocycles. The Bertz CT molecular complexity index is 2300. The smallest absolute Gasteiger partial charge is 0.417 e. The Balaban J connectivity index is 1.00. The lowest BCUT2D eigenvalue weighted by Gasteiger charge is -2.39. The number of carbonyl (C=O) groups excluding carboxylic acids is 2. The summed E-state index contributed by atoms with van der Waals surface area (Å²) in [6.07, 6.45) is 1.98. The molecule has 0 bridgehead atoms. The molecule has 0 saturated heterocycles. The van der Waals surface area contributed by atoms with Gasteiger partial charge in [-0.25, -0.2) is 9.59 Å². The predicted molar refractivity (Wildman–Crippen MR) is 235 cm³/mol. The van der Waals surface area contributed by atoms with E-state index in [1.807, 2.05) is 50.2 Å². The lowest BCUT2D eigenvalue weighted by atomic mass is 9.74. The van der Waals surface area contributed by atoms with Gasteiger partial charge in [0.05, 0.1) is 90.5 Å². The fraction of sp³-hybridized carbons (Fsp3) is 0.458. The number of aliphatic imine (C=N–C) groups is 2. The molecule has 2 aromatic carbocycles. The van der Waals surface area contributed by atoms with E-state index in [1.54, 1.807) is 54.8 Å². The van der Waals surface area contributed by atoms with E-state index in [9.17, 15) is 9.59 Å². The first kappa shape index (κ1) is 44.0. The second kappa shape index (κ2) is 19.0. The first-order chi connectivity index (χ1) is 31.1. The van der Waals surface area contributed by atoms with Crippen LogP contribution in [0.3, 0.4) is 0 Å². The maximum absolute atomic E-state index is 13.6. The topological polar surface area (TPSA) is 177 Å². The number of benzene rings is 2. The maximum atomic E-state index is 13.6. The molecule has 2 aliphatic heterocycles. The van der Waals surface area contributed by atoms with Crippen molar-refractivity contribution in [2.24, 2.45) is 9.98 Å². The number of carbonyl (C=O) groups is 2. The van der Waals surface area contributed by atoms with E-state index in [4.69, 9.17) is 57.4 Å². The molecule has 0 spiro atoms. The normalized spacial score (nSPS) is 21.8. The van der Waals surface area contributed by atoms with Gasteiger partial charge in [-0.2, -0.15) is 9.97 Å². The summed E-state index contributed by atoms with van der Waals surface area (Å²) in [6.45, 7) is 4.70. The third kappa shape index (κ3) is 8.44. The quantitative estimate of drug-likeness (QED) is 0.0952. The van der Waals surface area contributed by atoms with Crippen LogP contribution < -0.4 is 37.9 Å². The number of rotatable bonds is 14. The van der Waals surface area contributed by atoms with Gasteiger partial charge in [0.2, 0.25) is 23.5 Å². The average Bonchev–Trinajstić information content (AvgIpc) is 3.32. The molecule has 6 atom stereocenters. The van der Waals surface area contributed by atoms with Crippen LogP contribution in [0.25, 0.3) is 0 Å². The summed E-state index contributed by atoms with van der Waals surface area (Å²) in [7, 11) is 9.40. The fourth-order valence-corrected chi connectivity index (χ4v) is 9.50. The van der Waals surface area contributed by atoms with Gasteiger partial charge in [0.15, 0.2) is 23.0 Å². The summed E-state index contributed by atoms with van der Waals surface area (Å²) < 4.78 is 57.5. The summed E-state index contributed by atoms with van der Waals surface area (Å²) in [5.41, 5.74) is 6.37. The summed E-state index contributed by atoms with van der Waals surface area (Å²) in [5.74, 6) is 1.53. The molecule has 338 valence electrons. The van der Waals surface area contributed by atoms with Crippen LogP contribution in [0, 0.1) is 0 Å². The molecule has 4 aliphatic rings. The number of pyridine rings is 2. The molecule has 0 unspecified atom stereocenters. The van der Waals surface area contributed by atoms with E-state index in [0.717, 1.165) is 22.3 Å². The summed E-state index contributed by atoms with van der Waals surface area (Å²) in [4.78, 5) is 46.7. The molecule has 2 fully saturated rings. The minimum absolute atomic E-state index is 0.149. The molecule has 64 heavy (non-hydrogen) atoms. The molecule has 16 nitrogen and oxygen atoms in total. The number of methoxy groups -OCH3 is 6. The molecule has 0 radical (unpaired) electrons. The highest BCUT2D eigenvalue weighted by atomic mass is 16.6. The Morgan fingerprint density at radius 1 is 0.516 bits per heavy atom. The number of hydrogen-bond acceptors (Lipinski definition) is 16. The van der Waals surface area contributed by atoms with Crippen molar-refractivity contribution < 1.29 is 57.0 Å². The van der Waals surface area contributed by atoms with Gasteiger partial charge in [-0.3, -0.25) is 9.98 Å². The number of esters is 2. The van der Waals surface area contributed by atoms with Gasteiger partial charge in [0, 0.05) is 35.1 Å². The summed E-state index contributed by atoms with van der Waals surface area (Å²) in [6, 6.07) is 14.8. The van der Waals surface area contributed by atoms with Crippen LogP contribution in [-0.2, 0) is 19.1 Å². The molecule has 16 heteroatoms. The van der Waals surface area contributed by atoms with Crippen molar-refractivity contribution in [2.75, 3.05) is 55.9 Å². The second-order valence-corrected chi connectivity index (χ2v) is 15.9. The highest BCUT2D eigenvalue weighted by Crippen LogP contribution is 2.48. The Kier molecular flexibility index (Phi) is 13.1. The zero-order chi connectivity index (χ0) is 45.1. The molecule has 0 N–H and O–H groups in total. The van der Waals surface area contributed by atoms with E-state index < -0.39 is 24.1 Å². The number of ether oxygens (including phenoxy) is 10. The Morgan fingerprint density at radius 3 is 1.30 bits per heavy atom. The number of nitrogens with zero attached hydrogens (tertiary/aromatic N) is 4. The van der Waals surface area contributed by atoms with Crippen LogP contribution in [-0.4, -0.2) is 113 Å². The summed E-state index contributed by atoms with van der Waals surface area (Å²) in [5, 5.41) is 0. The van der Waals surface area contributed by atoms with Crippen LogP contribution in [0.1, 0.15) is 97.6 Å². The van der Waals surface area contributed by atoms with E-state index in [-0.39, 0.29) is 23.9 Å². The third-order valence-electron chi connectivity index (χ3n) is 12.4. The molecular weight excluding hydrogens is 825 g/mol. The zero-order valence-corrected chi connectivity index (χ0v) is 37.4. The van der Waals surface area contributed by atoms with E-state index in [0.29, 0.717) is 121 Å². The summed E-state index contributed by atoms with van der Waals surface area (Å²) >= 11 is 0. The highest BCUT2D eigenvalue weighted by Gasteiger charge is 2.43. The monoisotopic (exact) mass is 878 g/mol. The molecular formula is C48H54N4O12. The molecule has 8 rings (SSSR count). The lowest BCUT2D eigenvalue weighted by molar-refractivity contribution is -0.176. The highest BCUT2D eigenvalue weighted by molar-refractivity contribution is 6.29. The van der Waals surface area contributed by atoms with Crippen molar-refractivity contribution in [1.29, 1.82) is 0 Å². The van der Waals surface area contributed by atoms with Crippen molar-refractivity contribution in [1.82, 2.24) is 9.97 Å². The van der Waals surface area contributed by atoms with Gasteiger partial charge in [0.25, 0.3) is 0 Å². The Hall–Kier alpha value is -6.58. The number of aromatic nitrogens is 2. The van der Waals surface area contributed by atoms with Crippen molar-refractivity contribution in [3.8, 4) is 46.5 Å². The van der Waals surface area contributed by atoms with Gasteiger partial charge in [0.1, 0.15) is 12.2 Å². The predicted octanol–water partition coefficient (Wildman–Crippen LogP) is 6.82. The first-order valence-corrected chi connectivity index (χ1v) is 21.6. The molecule has 2 saturated carbocycles. The number of hydrogen-bond donors (Lipinski definition) is 0. The van der Waals surface area contributed by atoms with Gasteiger partial charge >= 0.3 is 11.9 Å². The fourth-order valence-electron chi connectivity index (χ4n) is 9.50. The van der Waals surface area contributed by atoms with Gasteiger partial charge in [-0.15, -0.1) is 0 Å². The van der Waals surface area contributed by atoms with E-state index >= 15 is 0 Å². The minimum atomic E-state index is -1.02. The molecule has 4 heterocycles. The Labute approximate surface area is 372 Å². The molecule has 4 aromatic rings. The first-order valence-electron chi connectivity index (χ1n) is 21.6. The Morgan fingerprint density at radius 2 is 0.938 bits per heavy atom. The number of fused-ring (bicyclic) bond motifs is 6. The standard InChI is InChI=1S/C48H54N4O12/c1-9-61-39-21-29-31-19-25(11-15-35(31)49-43(33(29)23-37(39)55-3)27-13-17-41(57-5)51-45(27)59-7)63-47(53)48(54)64-26-12-16-36-32(20-26)30-22-40(62-10-2)38(56-4)24-34(30)44(50-36)28-14-18-42(58-6)52-46(28)60-8/h13-14,17-18,21-26,31-32,35-36H,9-12,15-16,19-20H2,1-8H3/t25-,26-,31-,32-,35-,36-/m1/s1. The van der Waals surface area contributed by atoms with Crippen molar-refractivity contribution >= 4 is 23.4 Å². The van der Waals surface area contributed by atoms with Crippen molar-refractivity contribution in [2.45, 2.75) is 88.5 Å². The second-order valence-electron chi connectivity index (χ2n) is 15.9. The molecule has 2 aromatic heterocycles. The van der Waals surface area contributed by atoms with Gasteiger partial charge in [-0.1, -0.05) is 0 Å². The van der Waals surface area contributed by atoms with Crippen molar-refractivity contribution in [3.05, 3.63) is 81.9 Å². The minimum Gasteiger partial charge on any atom is -0.493 e. The third-order valence-corrected chi connectivity index (χ3v) is 12.4. The van der Waals surface area contributed by atoms with Gasteiger partial charge < -0.3 is 47.4 Å². The van der Waals surface area contributed by atoms with Crippen LogP contribution >= 0.6 is 0 Å². The van der Waals surface area contributed by atoms with Crippen molar-refractivity contribution in [3.63, 3.8) is 0 Å². The zero-order valence-electron chi connectivity index (χ0n) is 37.4. The van der Waals surface area contributed by atoms with Crippen LogP contribution in [0.15, 0.2) is 58.5 Å². The van der Waals surface area contributed by atoms with Crippen LogP contribution in [0.4, 0.5) is 0 Å². The molecule has 0 amide bonds. The SMILES string of the molecule is CCOc1cc2c(cc1OC)C(c1ccc(OC)nc1OC)=N[C@@H]1CC[C@@H](OC(=O)C(=O)O[C@@H]3CC[C@H]4N=C(c5ccc(OC)nc5OC)c5cc(OC)c(OCC)cc5[C@H]4C3)C[C@H]21. The van der Waals surface area contributed by atoms with E-state index in [2.05, 4.69) is 9.97 Å². The van der Waals surface area contributed by atoms with Crippen LogP contribution in [0.2, 0.25) is 0 Å². The van der Waals surface area contributed by atoms with E-state index in [1.165, 1.54) is 0 Å². The lowest BCUT2D eigenvalue weighted by Crippen LogP contribution is -2.39.